The highest BCUT2D eigenvalue weighted by atomic mass is 32.2. The zero-order valence-corrected chi connectivity index (χ0v) is 9.16. The van der Waals surface area contributed by atoms with Crippen molar-refractivity contribution in [3.8, 4) is 0 Å². The molecule has 0 bridgehead atoms. The van der Waals surface area contributed by atoms with Crippen LogP contribution in [0.5, 0.6) is 0 Å². The summed E-state index contributed by atoms with van der Waals surface area (Å²) in [5, 5.41) is 8.32. The molecular weight excluding hydrogens is 212 g/mol. The van der Waals surface area contributed by atoms with E-state index in [4.69, 9.17) is 5.11 Å². The van der Waals surface area contributed by atoms with E-state index in [9.17, 15) is 9.59 Å². The second kappa shape index (κ2) is 5.56. The van der Waals surface area contributed by atoms with Gasteiger partial charge in [-0.3, -0.25) is 9.59 Å². The SMILES string of the molecule is CC(C(=O)O)C(=O)SCc1ccccc1. The van der Waals surface area contributed by atoms with Gasteiger partial charge in [0.25, 0.3) is 0 Å². The van der Waals surface area contributed by atoms with Gasteiger partial charge in [-0.05, 0) is 12.5 Å². The highest BCUT2D eigenvalue weighted by Crippen LogP contribution is 2.17. The fourth-order valence-electron chi connectivity index (χ4n) is 0.955. The molecule has 0 spiro atoms. The third kappa shape index (κ3) is 3.75. The second-order valence-electron chi connectivity index (χ2n) is 3.15. The van der Waals surface area contributed by atoms with Crippen LogP contribution in [0, 0.1) is 5.92 Å². The van der Waals surface area contributed by atoms with Gasteiger partial charge in [-0.25, -0.2) is 0 Å². The monoisotopic (exact) mass is 224 g/mol. The molecule has 3 nitrogen and oxygen atoms in total. The minimum absolute atomic E-state index is 0.300. The van der Waals surface area contributed by atoms with Crippen molar-refractivity contribution in [1.82, 2.24) is 0 Å². The van der Waals surface area contributed by atoms with Crippen LogP contribution in [0.4, 0.5) is 0 Å². The van der Waals surface area contributed by atoms with Crippen LogP contribution < -0.4 is 0 Å². The standard InChI is InChI=1S/C11H12O3S/c1-8(10(12)13)11(14)15-7-9-5-3-2-4-6-9/h2-6,8H,7H2,1H3,(H,12,13). The summed E-state index contributed by atoms with van der Waals surface area (Å²) in [5.41, 5.74) is 1.02. The number of benzene rings is 1. The quantitative estimate of drug-likeness (QED) is 0.796. The number of hydrogen-bond acceptors (Lipinski definition) is 3. The molecule has 0 heterocycles. The van der Waals surface area contributed by atoms with E-state index in [2.05, 4.69) is 0 Å². The molecule has 15 heavy (non-hydrogen) atoms. The number of carbonyl (C=O) groups excluding carboxylic acids is 1. The van der Waals surface area contributed by atoms with Gasteiger partial charge in [-0.15, -0.1) is 0 Å². The van der Waals surface area contributed by atoms with Gasteiger partial charge in [-0.2, -0.15) is 0 Å². The number of thioether (sulfide) groups is 1. The molecule has 0 radical (unpaired) electrons. The van der Waals surface area contributed by atoms with Gasteiger partial charge in [-0.1, -0.05) is 42.1 Å². The van der Waals surface area contributed by atoms with Crippen molar-refractivity contribution in [2.24, 2.45) is 5.92 Å². The minimum Gasteiger partial charge on any atom is -0.481 e. The van der Waals surface area contributed by atoms with Crippen molar-refractivity contribution >= 4 is 22.8 Å². The smallest absolute Gasteiger partial charge is 0.314 e. The molecule has 0 amide bonds. The molecule has 0 fully saturated rings. The number of rotatable bonds is 4. The molecular formula is C11H12O3S. The molecule has 0 saturated heterocycles. The van der Waals surface area contributed by atoms with E-state index in [1.807, 2.05) is 30.3 Å². The Labute approximate surface area is 92.5 Å². The van der Waals surface area contributed by atoms with E-state index < -0.39 is 11.9 Å². The Morgan fingerprint density at radius 1 is 1.33 bits per heavy atom. The summed E-state index contributed by atoms with van der Waals surface area (Å²) in [6.07, 6.45) is 0. The Morgan fingerprint density at radius 2 is 1.93 bits per heavy atom. The second-order valence-corrected chi connectivity index (χ2v) is 4.13. The maximum Gasteiger partial charge on any atom is 0.314 e. The summed E-state index contributed by atoms with van der Waals surface area (Å²) >= 11 is 1.05. The van der Waals surface area contributed by atoms with Crippen molar-refractivity contribution in [3.05, 3.63) is 35.9 Å². The molecule has 1 N–H and O–H groups in total. The average molecular weight is 224 g/mol. The molecule has 80 valence electrons. The number of carboxylic acid groups (broad SMARTS) is 1. The van der Waals surface area contributed by atoms with E-state index in [0.29, 0.717) is 5.75 Å². The van der Waals surface area contributed by atoms with Crippen LogP contribution >= 0.6 is 11.8 Å². The molecule has 4 heteroatoms. The van der Waals surface area contributed by atoms with Gasteiger partial charge in [0.2, 0.25) is 5.12 Å². The van der Waals surface area contributed by atoms with Gasteiger partial charge in [0.15, 0.2) is 0 Å². The lowest BCUT2D eigenvalue weighted by Crippen LogP contribution is -2.17. The lowest BCUT2D eigenvalue weighted by Gasteiger charge is -2.04. The molecule has 0 saturated carbocycles. The van der Waals surface area contributed by atoms with Gasteiger partial charge < -0.3 is 5.11 Å². The van der Waals surface area contributed by atoms with Crippen molar-refractivity contribution < 1.29 is 14.7 Å². The Bertz CT molecular complexity index is 348. The Kier molecular flexibility index (Phi) is 4.37. The Balaban J connectivity index is 2.44. The fourth-order valence-corrected chi connectivity index (χ4v) is 1.81. The summed E-state index contributed by atoms with van der Waals surface area (Å²) in [4.78, 5) is 21.9. The third-order valence-electron chi connectivity index (χ3n) is 1.95. The van der Waals surface area contributed by atoms with Gasteiger partial charge in [0.05, 0.1) is 0 Å². The van der Waals surface area contributed by atoms with Gasteiger partial charge in [0.1, 0.15) is 5.92 Å². The number of hydrogen-bond donors (Lipinski definition) is 1. The zero-order chi connectivity index (χ0) is 11.3. The lowest BCUT2D eigenvalue weighted by molar-refractivity contribution is -0.143. The lowest BCUT2D eigenvalue weighted by atomic mass is 10.2. The molecule has 0 aliphatic carbocycles. The van der Waals surface area contributed by atoms with Crippen LogP contribution in [0.3, 0.4) is 0 Å². The first-order chi connectivity index (χ1) is 7.11. The molecule has 1 atom stereocenters. The van der Waals surface area contributed by atoms with E-state index in [-0.39, 0.29) is 5.12 Å². The van der Waals surface area contributed by atoms with Crippen LogP contribution in [-0.2, 0) is 15.3 Å². The van der Waals surface area contributed by atoms with Crippen LogP contribution in [0.2, 0.25) is 0 Å². The maximum absolute atomic E-state index is 11.3. The van der Waals surface area contributed by atoms with E-state index in [1.54, 1.807) is 0 Å². The molecule has 0 aromatic heterocycles. The minimum atomic E-state index is -1.07. The van der Waals surface area contributed by atoms with Crippen LogP contribution in [0.1, 0.15) is 12.5 Å². The van der Waals surface area contributed by atoms with Gasteiger partial charge >= 0.3 is 5.97 Å². The molecule has 1 rings (SSSR count). The Morgan fingerprint density at radius 3 is 2.47 bits per heavy atom. The largest absolute Gasteiger partial charge is 0.481 e. The first-order valence-corrected chi connectivity index (χ1v) is 5.53. The first-order valence-electron chi connectivity index (χ1n) is 4.54. The topological polar surface area (TPSA) is 54.4 Å². The molecule has 1 aromatic carbocycles. The van der Waals surface area contributed by atoms with E-state index >= 15 is 0 Å². The summed E-state index contributed by atoms with van der Waals surface area (Å²) in [7, 11) is 0. The van der Waals surface area contributed by atoms with Crippen LogP contribution in [-0.4, -0.2) is 16.2 Å². The first kappa shape index (κ1) is 11.8. The van der Waals surface area contributed by atoms with Crippen molar-refractivity contribution in [2.75, 3.05) is 0 Å². The van der Waals surface area contributed by atoms with Gasteiger partial charge in [0, 0.05) is 5.75 Å². The predicted molar refractivity (Wildman–Crippen MR) is 59.5 cm³/mol. The van der Waals surface area contributed by atoms with Crippen molar-refractivity contribution in [2.45, 2.75) is 12.7 Å². The number of aliphatic carboxylic acids is 1. The number of carboxylic acids is 1. The van der Waals surface area contributed by atoms with E-state index in [1.165, 1.54) is 6.92 Å². The predicted octanol–water partition coefficient (Wildman–Crippen LogP) is 2.17. The highest BCUT2D eigenvalue weighted by Gasteiger charge is 2.20. The normalized spacial score (nSPS) is 12.1. The van der Waals surface area contributed by atoms with Crippen molar-refractivity contribution in [1.29, 1.82) is 0 Å². The highest BCUT2D eigenvalue weighted by molar-refractivity contribution is 8.13. The van der Waals surface area contributed by atoms with E-state index in [0.717, 1.165) is 17.3 Å². The number of carbonyl (C=O) groups is 2. The Hall–Kier alpha value is -1.29. The van der Waals surface area contributed by atoms with Crippen LogP contribution in [0.15, 0.2) is 30.3 Å². The summed E-state index contributed by atoms with van der Waals surface area (Å²) in [5.74, 6) is -1.48. The maximum atomic E-state index is 11.3. The summed E-state index contributed by atoms with van der Waals surface area (Å²) in [6, 6.07) is 9.50. The third-order valence-corrected chi connectivity index (χ3v) is 3.06. The van der Waals surface area contributed by atoms with Crippen LogP contribution in [0.25, 0.3) is 0 Å². The molecule has 1 unspecified atom stereocenters. The van der Waals surface area contributed by atoms with Crippen molar-refractivity contribution in [3.63, 3.8) is 0 Å². The molecule has 0 aliphatic rings. The zero-order valence-electron chi connectivity index (χ0n) is 8.34. The summed E-state index contributed by atoms with van der Waals surface area (Å²) < 4.78 is 0. The fraction of sp³-hybridized carbons (Fsp3) is 0.273. The molecule has 1 aromatic rings. The molecule has 0 aliphatic heterocycles. The summed E-state index contributed by atoms with van der Waals surface area (Å²) in [6.45, 7) is 1.41. The average Bonchev–Trinajstić information content (AvgIpc) is 2.26.